The second-order valence-corrected chi connectivity index (χ2v) is 7.25. The molecule has 0 aromatic heterocycles. The number of rotatable bonds is 5. The second-order valence-electron chi connectivity index (χ2n) is 5.83. The van der Waals surface area contributed by atoms with Crippen LogP contribution in [-0.4, -0.2) is 5.71 Å². The maximum absolute atomic E-state index is 14.4. The Bertz CT molecular complexity index is 980. The summed E-state index contributed by atoms with van der Waals surface area (Å²) in [6, 6.07) is 18.3. The van der Waals surface area contributed by atoms with Crippen molar-refractivity contribution in [3.05, 3.63) is 106 Å². The predicted octanol–water partition coefficient (Wildman–Crippen LogP) is 7.35. The molecule has 3 rings (SSSR count). The molecule has 0 saturated heterocycles. The fraction of sp³-hybridized carbons (Fsp3) is 0.0455. The van der Waals surface area contributed by atoms with Crippen LogP contribution in [0.15, 0.2) is 88.1 Å². The van der Waals surface area contributed by atoms with Crippen LogP contribution in [0.3, 0.4) is 0 Å². The van der Waals surface area contributed by atoms with Gasteiger partial charge in [0.2, 0.25) is 0 Å². The first-order chi connectivity index (χ1) is 13.0. The summed E-state index contributed by atoms with van der Waals surface area (Å²) < 4.78 is 27.4. The van der Waals surface area contributed by atoms with Gasteiger partial charge in [0.15, 0.2) is 0 Å². The molecule has 0 bridgehead atoms. The molecule has 0 aliphatic rings. The number of benzene rings is 3. The number of hydrogen-bond acceptors (Lipinski definition) is 2. The third-order valence-corrected chi connectivity index (χ3v) is 4.79. The molecule has 0 unspecified atom stereocenters. The van der Waals surface area contributed by atoms with E-state index in [1.165, 1.54) is 30.0 Å². The lowest BCUT2D eigenvalue weighted by Gasteiger charge is -2.05. The average molecular weight is 400 g/mol. The normalized spacial score (nSPS) is 11.9. The van der Waals surface area contributed by atoms with Crippen molar-refractivity contribution in [1.29, 1.82) is 0 Å². The van der Waals surface area contributed by atoms with E-state index in [1.807, 2.05) is 31.2 Å². The van der Waals surface area contributed by atoms with Crippen molar-refractivity contribution in [2.45, 2.75) is 11.8 Å². The van der Waals surface area contributed by atoms with Gasteiger partial charge in [0, 0.05) is 15.5 Å². The number of aliphatic imine (C=N–C) groups is 1. The summed E-state index contributed by atoms with van der Waals surface area (Å²) in [6.45, 7) is 1.99. The van der Waals surface area contributed by atoms with E-state index in [4.69, 9.17) is 11.6 Å². The summed E-state index contributed by atoms with van der Waals surface area (Å²) in [7, 11) is 0. The van der Waals surface area contributed by atoms with E-state index in [0.29, 0.717) is 16.3 Å². The highest BCUT2D eigenvalue weighted by Gasteiger charge is 2.08. The molecular weight excluding hydrogens is 384 g/mol. The highest BCUT2D eigenvalue weighted by molar-refractivity contribution is 8.02. The molecule has 0 heterocycles. The van der Waals surface area contributed by atoms with Gasteiger partial charge in [0.05, 0.1) is 11.4 Å². The number of hydrogen-bond donors (Lipinski definition) is 0. The lowest BCUT2D eigenvalue weighted by molar-refractivity contribution is 0.625. The first-order valence-corrected chi connectivity index (χ1v) is 9.46. The summed E-state index contributed by atoms with van der Waals surface area (Å²) in [6.07, 6.45) is 1.74. The molecule has 0 aliphatic carbocycles. The molecule has 0 atom stereocenters. The lowest BCUT2D eigenvalue weighted by atomic mass is 10.1. The molecule has 0 radical (unpaired) electrons. The Labute approximate surface area is 166 Å². The van der Waals surface area contributed by atoms with Crippen LogP contribution in [0.4, 0.5) is 14.5 Å². The largest absolute Gasteiger partial charge is 0.248 e. The quantitative estimate of drug-likeness (QED) is 0.322. The van der Waals surface area contributed by atoms with Gasteiger partial charge >= 0.3 is 0 Å². The molecule has 3 aromatic rings. The zero-order valence-electron chi connectivity index (χ0n) is 14.5. The van der Waals surface area contributed by atoms with Crippen molar-refractivity contribution in [3.8, 4) is 0 Å². The summed E-state index contributed by atoms with van der Waals surface area (Å²) >= 11 is 7.26. The smallest absolute Gasteiger partial charge is 0.134 e. The van der Waals surface area contributed by atoms with E-state index in [-0.39, 0.29) is 5.82 Å². The van der Waals surface area contributed by atoms with Crippen LogP contribution >= 0.6 is 23.4 Å². The number of aryl methyl sites for hydroxylation is 1. The van der Waals surface area contributed by atoms with E-state index >= 15 is 0 Å². The molecule has 0 saturated carbocycles. The average Bonchev–Trinajstić information content (AvgIpc) is 2.64. The Kier molecular flexibility index (Phi) is 6.43. The van der Waals surface area contributed by atoms with E-state index < -0.39 is 5.82 Å². The topological polar surface area (TPSA) is 12.4 Å². The maximum Gasteiger partial charge on any atom is 0.134 e. The fourth-order valence-electron chi connectivity index (χ4n) is 2.33. The van der Waals surface area contributed by atoms with Gasteiger partial charge in [-0.3, -0.25) is 0 Å². The number of allylic oxidation sites excluding steroid dienone is 1. The summed E-state index contributed by atoms with van der Waals surface area (Å²) in [5.74, 6) is -0.724. The van der Waals surface area contributed by atoms with Gasteiger partial charge in [-0.2, -0.15) is 0 Å². The zero-order chi connectivity index (χ0) is 19.2. The standard InChI is InChI=1S/C22H16ClF2NS/c1-15-2-7-18(8-3-15)26-22(20-11-4-16(23)14-21(20)25)12-13-27-19-9-5-17(24)6-10-19/h2-14H,1H3/b13-12+,26-22-. The van der Waals surface area contributed by atoms with Gasteiger partial charge in [-0.25, -0.2) is 13.8 Å². The number of thioether (sulfide) groups is 1. The molecule has 27 heavy (non-hydrogen) atoms. The van der Waals surface area contributed by atoms with Crippen LogP contribution in [0.25, 0.3) is 0 Å². The van der Waals surface area contributed by atoms with Crippen LogP contribution in [-0.2, 0) is 0 Å². The predicted molar refractivity (Wildman–Crippen MR) is 110 cm³/mol. The van der Waals surface area contributed by atoms with Crippen LogP contribution in [0.5, 0.6) is 0 Å². The van der Waals surface area contributed by atoms with Crippen molar-refractivity contribution >= 4 is 34.8 Å². The SMILES string of the molecule is Cc1ccc(/N=C(/C=C/Sc2ccc(F)cc2)c2ccc(Cl)cc2F)cc1. The van der Waals surface area contributed by atoms with Crippen LogP contribution in [0.2, 0.25) is 5.02 Å². The fourth-order valence-corrected chi connectivity index (χ4v) is 3.14. The molecule has 3 aromatic carbocycles. The van der Waals surface area contributed by atoms with Gasteiger partial charge in [0.25, 0.3) is 0 Å². The van der Waals surface area contributed by atoms with Crippen molar-refractivity contribution in [2.75, 3.05) is 0 Å². The first kappa shape index (κ1) is 19.3. The lowest BCUT2D eigenvalue weighted by Crippen LogP contribution is -2.00. The van der Waals surface area contributed by atoms with Crippen molar-refractivity contribution < 1.29 is 8.78 Å². The molecule has 0 N–H and O–H groups in total. The zero-order valence-corrected chi connectivity index (χ0v) is 16.1. The minimum Gasteiger partial charge on any atom is -0.248 e. The number of halogens is 3. The first-order valence-electron chi connectivity index (χ1n) is 8.21. The van der Waals surface area contributed by atoms with Gasteiger partial charge in [-0.1, -0.05) is 41.1 Å². The highest BCUT2D eigenvalue weighted by atomic mass is 35.5. The summed E-state index contributed by atoms with van der Waals surface area (Å²) in [4.78, 5) is 5.45. The van der Waals surface area contributed by atoms with E-state index in [0.717, 1.165) is 16.1 Å². The molecule has 136 valence electrons. The van der Waals surface area contributed by atoms with Gasteiger partial charge in [-0.15, -0.1) is 0 Å². The molecular formula is C22H16ClF2NS. The second kappa shape index (κ2) is 8.98. The monoisotopic (exact) mass is 399 g/mol. The Morgan fingerprint density at radius 1 is 0.963 bits per heavy atom. The minimum atomic E-state index is -0.440. The molecule has 5 heteroatoms. The van der Waals surface area contributed by atoms with Crippen molar-refractivity contribution in [3.63, 3.8) is 0 Å². The summed E-state index contributed by atoms with van der Waals surface area (Å²) in [5.41, 5.74) is 2.68. The molecule has 0 fully saturated rings. The van der Waals surface area contributed by atoms with Crippen LogP contribution in [0, 0.1) is 18.6 Å². The van der Waals surface area contributed by atoms with E-state index in [1.54, 1.807) is 35.7 Å². The van der Waals surface area contributed by atoms with Gasteiger partial charge in [0.1, 0.15) is 11.6 Å². The molecule has 0 aliphatic heterocycles. The van der Waals surface area contributed by atoms with Crippen LogP contribution < -0.4 is 0 Å². The number of nitrogens with zero attached hydrogens (tertiary/aromatic N) is 1. The third kappa shape index (κ3) is 5.52. The molecule has 0 spiro atoms. The van der Waals surface area contributed by atoms with Crippen molar-refractivity contribution in [1.82, 2.24) is 0 Å². The van der Waals surface area contributed by atoms with Gasteiger partial charge in [-0.05, 0) is 73.0 Å². The minimum absolute atomic E-state index is 0.284. The van der Waals surface area contributed by atoms with E-state index in [2.05, 4.69) is 4.99 Å². The maximum atomic E-state index is 14.4. The Morgan fingerprint density at radius 2 is 1.67 bits per heavy atom. The highest BCUT2D eigenvalue weighted by Crippen LogP contribution is 2.23. The Balaban J connectivity index is 1.92. The summed E-state index contributed by atoms with van der Waals surface area (Å²) in [5, 5.41) is 2.13. The van der Waals surface area contributed by atoms with Gasteiger partial charge < -0.3 is 0 Å². The Hall–Kier alpha value is -2.43. The Morgan fingerprint density at radius 3 is 2.33 bits per heavy atom. The molecule has 0 amide bonds. The van der Waals surface area contributed by atoms with E-state index in [9.17, 15) is 8.78 Å². The molecule has 1 nitrogen and oxygen atoms in total. The third-order valence-electron chi connectivity index (χ3n) is 3.73. The van der Waals surface area contributed by atoms with Crippen molar-refractivity contribution in [2.24, 2.45) is 4.99 Å². The van der Waals surface area contributed by atoms with Crippen LogP contribution in [0.1, 0.15) is 11.1 Å².